The van der Waals surface area contributed by atoms with Crippen LogP contribution in [0.2, 0.25) is 0 Å². The third-order valence-electron chi connectivity index (χ3n) is 6.38. The molecular formula is C29H26FN5O2. The van der Waals surface area contributed by atoms with Gasteiger partial charge in [0.1, 0.15) is 11.5 Å². The van der Waals surface area contributed by atoms with Crippen LogP contribution >= 0.6 is 0 Å². The quantitative estimate of drug-likeness (QED) is 0.346. The molecular weight excluding hydrogens is 469 g/mol. The third kappa shape index (κ3) is 4.92. The van der Waals surface area contributed by atoms with Gasteiger partial charge in [-0.15, -0.1) is 0 Å². The zero-order valence-corrected chi connectivity index (χ0v) is 20.5. The monoisotopic (exact) mass is 495 g/mol. The molecule has 1 amide bonds. The Bertz CT molecular complexity index is 1640. The van der Waals surface area contributed by atoms with E-state index in [1.54, 1.807) is 43.1 Å². The number of carbonyl (C=O) groups is 1. The number of nitrogens with zero attached hydrogens (tertiary/aromatic N) is 3. The fourth-order valence-electron chi connectivity index (χ4n) is 4.28. The van der Waals surface area contributed by atoms with Crippen molar-refractivity contribution >= 4 is 22.5 Å². The van der Waals surface area contributed by atoms with Crippen LogP contribution in [0.5, 0.6) is 0 Å². The van der Waals surface area contributed by atoms with Gasteiger partial charge in [-0.25, -0.2) is 4.39 Å². The molecule has 0 saturated carbocycles. The fraction of sp³-hybridized carbons (Fsp3) is 0.138. The van der Waals surface area contributed by atoms with E-state index in [0.29, 0.717) is 0 Å². The molecule has 0 aliphatic rings. The summed E-state index contributed by atoms with van der Waals surface area (Å²) < 4.78 is 17.2. The summed E-state index contributed by atoms with van der Waals surface area (Å²) in [7, 11) is 1.69. The highest BCUT2D eigenvalue weighted by molar-refractivity contribution is 5.94. The lowest BCUT2D eigenvalue weighted by Gasteiger charge is -2.17. The summed E-state index contributed by atoms with van der Waals surface area (Å²) >= 11 is 0. The molecule has 0 bridgehead atoms. The molecule has 8 heteroatoms. The summed E-state index contributed by atoms with van der Waals surface area (Å²) in [5.74, 6) is -0.584. The van der Waals surface area contributed by atoms with Gasteiger partial charge in [0.15, 0.2) is 0 Å². The molecule has 0 saturated heterocycles. The van der Waals surface area contributed by atoms with Gasteiger partial charge in [0.25, 0.3) is 5.56 Å². The maximum Gasteiger partial charge on any atom is 0.275 e. The van der Waals surface area contributed by atoms with Crippen LogP contribution in [0, 0.1) is 5.82 Å². The Labute approximate surface area is 213 Å². The second-order valence-electron chi connectivity index (χ2n) is 8.83. The van der Waals surface area contributed by atoms with Crippen molar-refractivity contribution in [3.8, 4) is 16.9 Å². The van der Waals surface area contributed by atoms with Gasteiger partial charge in [0.05, 0.1) is 35.7 Å². The van der Waals surface area contributed by atoms with E-state index in [1.807, 2.05) is 59.3 Å². The SMILES string of the molecule is CNC(C)C(=O)Nc1ccc(-c2ccccc2)n(Cc2cncc(-n3ccc4cc(F)ccc43)c2)c1=O. The van der Waals surface area contributed by atoms with Crippen LogP contribution < -0.4 is 16.2 Å². The van der Waals surface area contributed by atoms with E-state index >= 15 is 0 Å². The number of anilines is 1. The first-order valence-electron chi connectivity index (χ1n) is 11.9. The lowest BCUT2D eigenvalue weighted by Crippen LogP contribution is -2.37. The molecule has 0 aliphatic carbocycles. The van der Waals surface area contributed by atoms with Gasteiger partial charge in [0.2, 0.25) is 5.91 Å². The highest BCUT2D eigenvalue weighted by Crippen LogP contribution is 2.23. The maximum atomic E-state index is 13.7. The van der Waals surface area contributed by atoms with Gasteiger partial charge in [-0.05, 0) is 67.6 Å². The number of aromatic nitrogens is 3. The second kappa shape index (κ2) is 10.2. The number of halogens is 1. The van der Waals surface area contributed by atoms with Crippen LogP contribution in [0.3, 0.4) is 0 Å². The minimum Gasteiger partial charge on any atom is -0.320 e. The number of fused-ring (bicyclic) bond motifs is 1. The fourth-order valence-corrected chi connectivity index (χ4v) is 4.28. The van der Waals surface area contributed by atoms with Crippen molar-refractivity contribution in [3.05, 3.63) is 113 Å². The Hall–Kier alpha value is -4.56. The number of benzene rings is 2. The second-order valence-corrected chi connectivity index (χ2v) is 8.83. The standard InChI is InChI=1S/C29H26FN5O2/c1-19(31-2)28(36)33-25-9-11-26(21-6-4-3-5-7-21)35(29(25)37)18-20-14-24(17-32-16-20)34-13-12-22-15-23(30)8-10-27(22)34/h3-17,19,31H,18H2,1-2H3,(H,33,36). The van der Waals surface area contributed by atoms with Gasteiger partial charge >= 0.3 is 0 Å². The normalized spacial score (nSPS) is 12.0. The van der Waals surface area contributed by atoms with Gasteiger partial charge in [-0.1, -0.05) is 30.3 Å². The molecule has 7 nitrogen and oxygen atoms in total. The van der Waals surface area contributed by atoms with Crippen LogP contribution in [0.15, 0.2) is 96.2 Å². The average molecular weight is 496 g/mol. The van der Waals surface area contributed by atoms with Crippen LogP contribution in [0.1, 0.15) is 12.5 Å². The molecule has 0 radical (unpaired) electrons. The minimum atomic E-state index is -0.451. The van der Waals surface area contributed by atoms with E-state index in [2.05, 4.69) is 15.6 Å². The van der Waals surface area contributed by atoms with Crippen molar-refractivity contribution in [2.45, 2.75) is 19.5 Å². The number of rotatable bonds is 7. The van der Waals surface area contributed by atoms with Crippen LogP contribution in [-0.4, -0.2) is 33.1 Å². The lowest BCUT2D eigenvalue weighted by molar-refractivity contribution is -0.117. The van der Waals surface area contributed by atoms with E-state index < -0.39 is 6.04 Å². The van der Waals surface area contributed by atoms with Crippen molar-refractivity contribution in [3.63, 3.8) is 0 Å². The van der Waals surface area contributed by atoms with Crippen LogP contribution in [0.25, 0.3) is 27.8 Å². The van der Waals surface area contributed by atoms with Gasteiger partial charge in [-0.3, -0.25) is 14.6 Å². The first-order chi connectivity index (χ1) is 17.9. The van der Waals surface area contributed by atoms with Crippen molar-refractivity contribution < 1.29 is 9.18 Å². The molecule has 2 N–H and O–H groups in total. The van der Waals surface area contributed by atoms with Crippen LogP contribution in [-0.2, 0) is 11.3 Å². The first kappa shape index (κ1) is 24.1. The van der Waals surface area contributed by atoms with E-state index in [0.717, 1.165) is 33.4 Å². The molecule has 0 spiro atoms. The van der Waals surface area contributed by atoms with Gasteiger partial charge < -0.3 is 19.8 Å². The number of hydrogen-bond acceptors (Lipinski definition) is 4. The topological polar surface area (TPSA) is 81.0 Å². The number of pyridine rings is 2. The van der Waals surface area contributed by atoms with Crippen molar-refractivity contribution in [1.29, 1.82) is 0 Å². The molecule has 186 valence electrons. The summed E-state index contributed by atoms with van der Waals surface area (Å²) in [6, 6.07) is 21.1. The summed E-state index contributed by atoms with van der Waals surface area (Å²) in [6.45, 7) is 1.96. The van der Waals surface area contributed by atoms with Crippen molar-refractivity contribution in [2.75, 3.05) is 12.4 Å². The molecule has 1 unspecified atom stereocenters. The number of likely N-dealkylation sites (N-methyl/N-ethyl adjacent to an activating group) is 1. The summed E-state index contributed by atoms with van der Waals surface area (Å²) in [5.41, 5.74) is 3.93. The highest BCUT2D eigenvalue weighted by atomic mass is 19.1. The Kier molecular flexibility index (Phi) is 6.66. The van der Waals surface area contributed by atoms with Crippen molar-refractivity contribution in [1.82, 2.24) is 19.4 Å². The minimum absolute atomic E-state index is 0.203. The predicted octanol–water partition coefficient (Wildman–Crippen LogP) is 4.59. The average Bonchev–Trinajstić information content (AvgIpc) is 3.34. The zero-order valence-electron chi connectivity index (χ0n) is 20.5. The molecule has 1 atom stereocenters. The molecule has 0 fully saturated rings. The number of carbonyl (C=O) groups excluding carboxylic acids is 1. The summed E-state index contributed by atoms with van der Waals surface area (Å²) in [4.78, 5) is 30.5. The maximum absolute atomic E-state index is 13.7. The molecule has 3 aromatic heterocycles. The molecule has 5 rings (SSSR count). The third-order valence-corrected chi connectivity index (χ3v) is 6.38. The molecule has 2 aromatic carbocycles. The van der Waals surface area contributed by atoms with Crippen molar-refractivity contribution in [2.24, 2.45) is 0 Å². The highest BCUT2D eigenvalue weighted by Gasteiger charge is 2.16. The number of amides is 1. The van der Waals surface area contributed by atoms with Crippen LogP contribution in [0.4, 0.5) is 10.1 Å². The number of hydrogen-bond donors (Lipinski definition) is 2. The largest absolute Gasteiger partial charge is 0.320 e. The first-order valence-corrected chi connectivity index (χ1v) is 11.9. The van der Waals surface area contributed by atoms with E-state index in [9.17, 15) is 14.0 Å². The summed E-state index contributed by atoms with van der Waals surface area (Å²) in [6.07, 6.45) is 5.30. The van der Waals surface area contributed by atoms with Gasteiger partial charge in [-0.2, -0.15) is 0 Å². The van der Waals surface area contributed by atoms with Gasteiger partial charge in [0, 0.05) is 17.8 Å². The van der Waals surface area contributed by atoms with E-state index in [-0.39, 0.29) is 29.5 Å². The Balaban J connectivity index is 1.56. The van der Waals surface area contributed by atoms with E-state index in [4.69, 9.17) is 0 Å². The molecule has 37 heavy (non-hydrogen) atoms. The zero-order chi connectivity index (χ0) is 25.9. The smallest absolute Gasteiger partial charge is 0.275 e. The lowest BCUT2D eigenvalue weighted by atomic mass is 10.1. The Morgan fingerprint density at radius 1 is 1.03 bits per heavy atom. The number of nitrogens with one attached hydrogen (secondary N) is 2. The Morgan fingerprint density at radius 2 is 1.84 bits per heavy atom. The predicted molar refractivity (Wildman–Crippen MR) is 143 cm³/mol. The molecule has 3 heterocycles. The van der Waals surface area contributed by atoms with E-state index in [1.165, 1.54) is 12.1 Å². The summed E-state index contributed by atoms with van der Waals surface area (Å²) in [5, 5.41) is 6.40. The molecule has 5 aromatic rings. The Morgan fingerprint density at radius 3 is 2.62 bits per heavy atom. The molecule has 0 aliphatic heterocycles.